The molecule has 7 nitrogen and oxygen atoms in total. The van der Waals surface area contributed by atoms with Crippen LogP contribution in [0.25, 0.3) is 0 Å². The molecule has 0 bridgehead atoms. The number of primary sulfonamides is 1. The van der Waals surface area contributed by atoms with E-state index in [9.17, 15) is 13.2 Å². The molecule has 20 heavy (non-hydrogen) atoms. The van der Waals surface area contributed by atoms with Gasteiger partial charge in [-0.25, -0.2) is 13.6 Å². The van der Waals surface area contributed by atoms with Crippen molar-refractivity contribution < 1.29 is 13.2 Å². The number of hydrogen-bond donors (Lipinski definition) is 2. The van der Waals surface area contributed by atoms with E-state index >= 15 is 0 Å². The first-order chi connectivity index (χ1) is 9.27. The topological polar surface area (TPSA) is 115 Å². The lowest BCUT2D eigenvalue weighted by molar-refractivity contribution is 0.102. The summed E-state index contributed by atoms with van der Waals surface area (Å²) in [6.45, 7) is 1.61. The average Bonchev–Trinajstić information content (AvgIpc) is 2.77. The van der Waals surface area contributed by atoms with Crippen LogP contribution in [-0.2, 0) is 10.0 Å². The van der Waals surface area contributed by atoms with Crippen molar-refractivity contribution in [2.75, 3.05) is 5.32 Å². The minimum Gasteiger partial charge on any atom is -0.320 e. The molecule has 1 heterocycles. The number of nitrogens with one attached hydrogen (secondary N) is 1. The molecular weight excluding hydrogens is 324 g/mol. The second kappa shape index (κ2) is 5.44. The number of hydrogen-bond acceptors (Lipinski definition) is 6. The Morgan fingerprint density at radius 1 is 1.40 bits per heavy atom. The Morgan fingerprint density at radius 3 is 2.65 bits per heavy atom. The first kappa shape index (κ1) is 14.9. The Bertz CT molecular complexity index is 773. The van der Waals surface area contributed by atoms with E-state index in [-0.39, 0.29) is 20.1 Å². The third-order valence-electron chi connectivity index (χ3n) is 2.35. The molecule has 1 amide bonds. The SMILES string of the molecule is Cc1ccc(NC(=O)c2nnc(Cl)s2)cc1S(N)(=O)=O. The molecule has 2 aromatic rings. The van der Waals surface area contributed by atoms with Gasteiger partial charge in [0.05, 0.1) is 4.90 Å². The molecule has 0 saturated heterocycles. The van der Waals surface area contributed by atoms with Crippen molar-refractivity contribution in [3.05, 3.63) is 33.2 Å². The van der Waals surface area contributed by atoms with Gasteiger partial charge in [0.25, 0.3) is 5.91 Å². The minimum absolute atomic E-state index is 0.0504. The number of halogens is 1. The Balaban J connectivity index is 2.29. The highest BCUT2D eigenvalue weighted by atomic mass is 35.5. The first-order valence-corrected chi connectivity index (χ1v) is 7.95. The van der Waals surface area contributed by atoms with E-state index in [2.05, 4.69) is 15.5 Å². The second-order valence-corrected chi connectivity index (χ2v) is 6.93. The van der Waals surface area contributed by atoms with Crippen LogP contribution in [0, 0.1) is 6.92 Å². The number of benzene rings is 1. The highest BCUT2D eigenvalue weighted by Gasteiger charge is 2.15. The molecule has 0 atom stereocenters. The van der Waals surface area contributed by atoms with E-state index in [1.54, 1.807) is 19.1 Å². The van der Waals surface area contributed by atoms with Crippen molar-refractivity contribution in [1.29, 1.82) is 0 Å². The van der Waals surface area contributed by atoms with Crippen molar-refractivity contribution in [2.45, 2.75) is 11.8 Å². The highest BCUT2D eigenvalue weighted by molar-refractivity contribution is 7.89. The van der Waals surface area contributed by atoms with Gasteiger partial charge >= 0.3 is 0 Å². The summed E-state index contributed by atoms with van der Waals surface area (Å²) >= 11 is 6.50. The van der Waals surface area contributed by atoms with Gasteiger partial charge in [-0.2, -0.15) is 0 Å². The monoisotopic (exact) mass is 332 g/mol. The number of nitrogens with zero attached hydrogens (tertiary/aromatic N) is 2. The van der Waals surface area contributed by atoms with Gasteiger partial charge in [-0.05, 0) is 36.2 Å². The Morgan fingerprint density at radius 2 is 2.10 bits per heavy atom. The lowest BCUT2D eigenvalue weighted by Gasteiger charge is -2.07. The molecule has 0 saturated carbocycles. The molecule has 0 aliphatic rings. The fraction of sp³-hybridized carbons (Fsp3) is 0.100. The normalized spacial score (nSPS) is 11.3. The Hall–Kier alpha value is -1.55. The molecule has 0 spiro atoms. The minimum atomic E-state index is -3.85. The number of carbonyl (C=O) groups is 1. The number of anilines is 1. The summed E-state index contributed by atoms with van der Waals surface area (Å²) in [6, 6.07) is 4.39. The van der Waals surface area contributed by atoms with Crippen LogP contribution in [0.15, 0.2) is 23.1 Å². The zero-order chi connectivity index (χ0) is 14.9. The van der Waals surface area contributed by atoms with Crippen molar-refractivity contribution in [3.63, 3.8) is 0 Å². The second-order valence-electron chi connectivity index (χ2n) is 3.84. The highest BCUT2D eigenvalue weighted by Crippen LogP contribution is 2.21. The molecular formula is C10H9ClN4O3S2. The van der Waals surface area contributed by atoms with E-state index in [4.69, 9.17) is 16.7 Å². The van der Waals surface area contributed by atoms with Gasteiger partial charge in [0.1, 0.15) is 0 Å². The van der Waals surface area contributed by atoms with E-state index in [1.807, 2.05) is 0 Å². The first-order valence-electron chi connectivity index (χ1n) is 5.21. The van der Waals surface area contributed by atoms with Crippen molar-refractivity contribution in [3.8, 4) is 0 Å². The van der Waals surface area contributed by atoms with Crippen LogP contribution in [0.1, 0.15) is 15.4 Å². The summed E-state index contributed by atoms with van der Waals surface area (Å²) in [7, 11) is -3.85. The molecule has 2 rings (SSSR count). The van der Waals surface area contributed by atoms with E-state index < -0.39 is 15.9 Å². The number of rotatable bonds is 3. The predicted octanol–water partition coefficient (Wildman–Crippen LogP) is 1.40. The van der Waals surface area contributed by atoms with Gasteiger partial charge in [0, 0.05) is 5.69 Å². The maximum absolute atomic E-state index is 11.8. The molecule has 1 aromatic heterocycles. The van der Waals surface area contributed by atoms with Crippen LogP contribution in [0.4, 0.5) is 5.69 Å². The van der Waals surface area contributed by atoms with Crippen molar-refractivity contribution in [1.82, 2.24) is 10.2 Å². The molecule has 106 valence electrons. The van der Waals surface area contributed by atoms with Gasteiger partial charge in [-0.3, -0.25) is 4.79 Å². The summed E-state index contributed by atoms with van der Waals surface area (Å²) < 4.78 is 22.9. The van der Waals surface area contributed by atoms with E-state index in [0.717, 1.165) is 11.3 Å². The van der Waals surface area contributed by atoms with E-state index in [0.29, 0.717) is 5.56 Å². The van der Waals surface area contributed by atoms with Gasteiger partial charge < -0.3 is 5.32 Å². The van der Waals surface area contributed by atoms with Crippen molar-refractivity contribution >= 4 is 44.6 Å². The molecule has 0 aliphatic heterocycles. The summed E-state index contributed by atoms with van der Waals surface area (Å²) in [5, 5.41) is 14.8. The van der Waals surface area contributed by atoms with Crippen LogP contribution in [0.5, 0.6) is 0 Å². The lowest BCUT2D eigenvalue weighted by Crippen LogP contribution is -2.16. The van der Waals surface area contributed by atoms with Crippen LogP contribution in [0.3, 0.4) is 0 Å². The van der Waals surface area contributed by atoms with Gasteiger partial charge in [-0.15, -0.1) is 10.2 Å². The summed E-state index contributed by atoms with van der Waals surface area (Å²) in [4.78, 5) is 11.8. The molecule has 0 fully saturated rings. The summed E-state index contributed by atoms with van der Waals surface area (Å²) in [6.07, 6.45) is 0. The predicted molar refractivity (Wildman–Crippen MR) is 75.4 cm³/mol. The quantitative estimate of drug-likeness (QED) is 0.881. The number of amides is 1. The maximum Gasteiger partial charge on any atom is 0.286 e. The van der Waals surface area contributed by atoms with Crippen LogP contribution >= 0.6 is 22.9 Å². The number of aromatic nitrogens is 2. The van der Waals surface area contributed by atoms with Crippen molar-refractivity contribution in [2.24, 2.45) is 5.14 Å². The van der Waals surface area contributed by atoms with Crippen LogP contribution < -0.4 is 10.5 Å². The maximum atomic E-state index is 11.8. The molecule has 0 radical (unpaired) electrons. The fourth-order valence-electron chi connectivity index (χ4n) is 1.47. The molecule has 10 heteroatoms. The van der Waals surface area contributed by atoms with Gasteiger partial charge in [0.15, 0.2) is 0 Å². The van der Waals surface area contributed by atoms with Crippen LogP contribution in [-0.4, -0.2) is 24.5 Å². The number of carbonyl (C=O) groups excluding carboxylic acids is 1. The molecule has 3 N–H and O–H groups in total. The molecule has 1 aromatic carbocycles. The number of sulfonamides is 1. The zero-order valence-corrected chi connectivity index (χ0v) is 12.5. The zero-order valence-electron chi connectivity index (χ0n) is 10.1. The average molecular weight is 333 g/mol. The third kappa shape index (κ3) is 3.31. The largest absolute Gasteiger partial charge is 0.320 e. The van der Waals surface area contributed by atoms with Gasteiger partial charge in [-0.1, -0.05) is 17.4 Å². The number of nitrogens with two attached hydrogens (primary N) is 1. The lowest BCUT2D eigenvalue weighted by atomic mass is 10.2. The Kier molecular flexibility index (Phi) is 4.04. The summed E-state index contributed by atoms with van der Waals surface area (Å²) in [5.41, 5.74) is 0.778. The standard InChI is InChI=1S/C10H9ClN4O3S2/c1-5-2-3-6(4-7(5)20(12,17)18)13-8(16)9-14-15-10(11)19-9/h2-4H,1H3,(H,13,16)(H2,12,17,18). The fourth-order valence-corrected chi connectivity index (χ4v) is 3.00. The Labute approximate surface area is 123 Å². The molecule has 0 unspecified atom stereocenters. The van der Waals surface area contributed by atoms with Crippen LogP contribution in [0.2, 0.25) is 4.47 Å². The van der Waals surface area contributed by atoms with Gasteiger partial charge in [0.2, 0.25) is 19.5 Å². The summed E-state index contributed by atoms with van der Waals surface area (Å²) in [5.74, 6) is -0.529. The smallest absolute Gasteiger partial charge is 0.286 e. The number of aryl methyl sites for hydroxylation is 1. The molecule has 0 aliphatic carbocycles. The van der Waals surface area contributed by atoms with E-state index in [1.165, 1.54) is 6.07 Å². The third-order valence-corrected chi connectivity index (χ3v) is 4.42.